The predicted molar refractivity (Wildman–Crippen MR) is 61.6 cm³/mol. The second-order valence-electron chi connectivity index (χ2n) is 3.20. The van der Waals surface area contributed by atoms with Gasteiger partial charge in [-0.25, -0.2) is 21.9 Å². The fourth-order valence-corrected chi connectivity index (χ4v) is 2.36. The van der Waals surface area contributed by atoms with Crippen molar-refractivity contribution in [3.05, 3.63) is 29.8 Å². The summed E-state index contributed by atoms with van der Waals surface area (Å²) in [4.78, 5) is -0.188. The highest BCUT2D eigenvalue weighted by molar-refractivity contribution is 7.89. The van der Waals surface area contributed by atoms with E-state index in [9.17, 15) is 17.2 Å². The van der Waals surface area contributed by atoms with Crippen LogP contribution in [-0.2, 0) is 10.0 Å². The number of aliphatic hydroxyl groups excluding tert-OH is 1. The SMILES string of the molecule is O=S(=O)(NCC(F)F)c1ccccc1C#CCO. The van der Waals surface area contributed by atoms with Crippen LogP contribution in [0.1, 0.15) is 5.56 Å². The summed E-state index contributed by atoms with van der Waals surface area (Å²) in [7, 11) is -4.03. The molecule has 0 atom stereocenters. The number of hydrogen-bond donors (Lipinski definition) is 2. The molecule has 18 heavy (non-hydrogen) atoms. The molecule has 7 heteroatoms. The van der Waals surface area contributed by atoms with Crippen LogP contribution in [0.4, 0.5) is 8.78 Å². The fourth-order valence-electron chi connectivity index (χ4n) is 1.19. The number of alkyl halides is 2. The molecule has 1 rings (SSSR count). The Balaban J connectivity index is 3.08. The lowest BCUT2D eigenvalue weighted by molar-refractivity contribution is 0.153. The number of aliphatic hydroxyl groups is 1. The quantitative estimate of drug-likeness (QED) is 0.790. The second kappa shape index (κ2) is 6.44. The van der Waals surface area contributed by atoms with Gasteiger partial charge >= 0.3 is 0 Å². The fraction of sp³-hybridized carbons (Fsp3) is 0.273. The molecule has 1 aromatic rings. The molecule has 0 aliphatic carbocycles. The molecular weight excluding hydrogens is 264 g/mol. The van der Waals surface area contributed by atoms with Gasteiger partial charge < -0.3 is 5.11 Å². The lowest BCUT2D eigenvalue weighted by Gasteiger charge is -2.07. The van der Waals surface area contributed by atoms with Crippen LogP contribution in [-0.4, -0.2) is 33.1 Å². The summed E-state index contributed by atoms with van der Waals surface area (Å²) in [5.74, 6) is 4.76. The third kappa shape index (κ3) is 4.07. The van der Waals surface area contributed by atoms with Crippen molar-refractivity contribution in [3.63, 3.8) is 0 Å². The Kier molecular flexibility index (Phi) is 5.22. The molecule has 1 aromatic carbocycles. The van der Waals surface area contributed by atoms with E-state index in [0.717, 1.165) is 0 Å². The van der Waals surface area contributed by atoms with Crippen molar-refractivity contribution in [1.82, 2.24) is 4.72 Å². The number of halogens is 2. The van der Waals surface area contributed by atoms with Crippen molar-refractivity contribution in [2.45, 2.75) is 11.3 Å². The van der Waals surface area contributed by atoms with E-state index in [0.29, 0.717) is 0 Å². The van der Waals surface area contributed by atoms with E-state index in [1.807, 2.05) is 0 Å². The topological polar surface area (TPSA) is 66.4 Å². The maximum atomic E-state index is 12.0. The summed E-state index contributed by atoms with van der Waals surface area (Å²) < 4.78 is 49.3. The minimum absolute atomic E-state index is 0.147. The number of hydrogen-bond acceptors (Lipinski definition) is 3. The summed E-state index contributed by atoms with van der Waals surface area (Å²) in [5, 5.41) is 8.56. The highest BCUT2D eigenvalue weighted by Crippen LogP contribution is 2.14. The van der Waals surface area contributed by atoms with Crippen molar-refractivity contribution in [3.8, 4) is 11.8 Å². The monoisotopic (exact) mass is 275 g/mol. The average molecular weight is 275 g/mol. The van der Waals surface area contributed by atoms with Crippen molar-refractivity contribution in [2.75, 3.05) is 13.2 Å². The normalized spacial score (nSPS) is 11.1. The average Bonchev–Trinajstić information content (AvgIpc) is 2.34. The summed E-state index contributed by atoms with van der Waals surface area (Å²) in [6.45, 7) is -1.37. The van der Waals surface area contributed by atoms with E-state index < -0.39 is 29.6 Å². The largest absolute Gasteiger partial charge is 0.384 e. The Morgan fingerprint density at radius 1 is 1.33 bits per heavy atom. The van der Waals surface area contributed by atoms with Crippen LogP contribution in [0.5, 0.6) is 0 Å². The van der Waals surface area contributed by atoms with Gasteiger partial charge in [-0.2, -0.15) is 0 Å². The summed E-state index contributed by atoms with van der Waals surface area (Å²) in [5.41, 5.74) is 0.147. The zero-order valence-corrected chi connectivity index (χ0v) is 10.0. The second-order valence-corrected chi connectivity index (χ2v) is 4.93. The Labute approximate surface area is 104 Å². The van der Waals surface area contributed by atoms with Crippen LogP contribution in [0.15, 0.2) is 29.2 Å². The molecule has 2 N–H and O–H groups in total. The zero-order chi connectivity index (χ0) is 13.6. The van der Waals surface area contributed by atoms with E-state index in [1.165, 1.54) is 18.2 Å². The highest BCUT2D eigenvalue weighted by atomic mass is 32.2. The Hall–Kier alpha value is -1.49. The van der Waals surface area contributed by atoms with Crippen molar-refractivity contribution < 1.29 is 22.3 Å². The summed E-state index contributed by atoms with van der Waals surface area (Å²) in [6.07, 6.45) is -2.77. The first kappa shape index (κ1) is 14.6. The third-order valence-electron chi connectivity index (χ3n) is 1.91. The van der Waals surface area contributed by atoms with Crippen LogP contribution in [0.2, 0.25) is 0 Å². The lowest BCUT2D eigenvalue weighted by Crippen LogP contribution is -2.29. The van der Waals surface area contributed by atoms with Crippen LogP contribution in [0, 0.1) is 11.8 Å². The van der Waals surface area contributed by atoms with Gasteiger partial charge in [-0.3, -0.25) is 0 Å². The van der Waals surface area contributed by atoms with E-state index in [4.69, 9.17) is 5.11 Å². The van der Waals surface area contributed by atoms with Gasteiger partial charge in [0.25, 0.3) is 6.43 Å². The van der Waals surface area contributed by atoms with Crippen molar-refractivity contribution in [2.24, 2.45) is 0 Å². The van der Waals surface area contributed by atoms with Crippen LogP contribution < -0.4 is 4.72 Å². The molecular formula is C11H11F2NO3S. The molecule has 0 saturated carbocycles. The van der Waals surface area contributed by atoms with Crippen molar-refractivity contribution >= 4 is 10.0 Å². The summed E-state index contributed by atoms with van der Waals surface area (Å²) in [6, 6.07) is 5.71. The maximum absolute atomic E-state index is 12.0. The smallest absolute Gasteiger partial charge is 0.251 e. The van der Waals surface area contributed by atoms with E-state index in [2.05, 4.69) is 11.8 Å². The number of nitrogens with one attached hydrogen (secondary N) is 1. The molecule has 98 valence electrons. The van der Waals surface area contributed by atoms with E-state index >= 15 is 0 Å². The highest BCUT2D eigenvalue weighted by Gasteiger charge is 2.18. The number of benzene rings is 1. The zero-order valence-electron chi connectivity index (χ0n) is 9.23. The lowest BCUT2D eigenvalue weighted by atomic mass is 10.2. The first-order valence-corrected chi connectivity index (χ1v) is 6.42. The molecule has 0 heterocycles. The van der Waals surface area contributed by atoms with Gasteiger partial charge in [0.05, 0.1) is 11.4 Å². The molecule has 4 nitrogen and oxygen atoms in total. The molecule has 0 amide bonds. The molecule has 0 saturated heterocycles. The minimum atomic E-state index is -4.03. The Morgan fingerprint density at radius 2 is 2.00 bits per heavy atom. The maximum Gasteiger partial charge on any atom is 0.251 e. The first-order chi connectivity index (χ1) is 8.47. The summed E-state index contributed by atoms with van der Waals surface area (Å²) >= 11 is 0. The molecule has 0 unspecified atom stereocenters. The van der Waals surface area contributed by atoms with E-state index in [-0.39, 0.29) is 10.5 Å². The first-order valence-electron chi connectivity index (χ1n) is 4.94. The molecule has 0 aromatic heterocycles. The van der Waals surface area contributed by atoms with Gasteiger partial charge in [0.2, 0.25) is 10.0 Å². The standard InChI is InChI=1S/C11H11F2NO3S/c12-11(13)8-14-18(16,17)10-6-2-1-4-9(10)5-3-7-15/h1-2,4,6,11,14-15H,7-8H2. The van der Waals surface area contributed by atoms with Crippen molar-refractivity contribution in [1.29, 1.82) is 0 Å². The van der Waals surface area contributed by atoms with Gasteiger partial charge in [-0.05, 0) is 12.1 Å². The predicted octanol–water partition coefficient (Wildman–Crippen LogP) is 0.574. The minimum Gasteiger partial charge on any atom is -0.384 e. The van der Waals surface area contributed by atoms with Crippen LogP contribution in [0.25, 0.3) is 0 Å². The van der Waals surface area contributed by atoms with Crippen LogP contribution in [0.3, 0.4) is 0 Å². The Morgan fingerprint density at radius 3 is 2.61 bits per heavy atom. The number of sulfonamides is 1. The molecule has 0 bridgehead atoms. The van der Waals surface area contributed by atoms with Gasteiger partial charge in [-0.1, -0.05) is 24.0 Å². The molecule has 0 spiro atoms. The van der Waals surface area contributed by atoms with Gasteiger partial charge in [0.15, 0.2) is 0 Å². The molecule has 0 aliphatic rings. The van der Waals surface area contributed by atoms with Crippen LogP contribution >= 0.6 is 0 Å². The molecule has 0 fully saturated rings. The molecule has 0 radical (unpaired) electrons. The Bertz CT molecular complexity index is 561. The van der Waals surface area contributed by atoms with Gasteiger partial charge in [0.1, 0.15) is 6.61 Å². The van der Waals surface area contributed by atoms with E-state index in [1.54, 1.807) is 10.8 Å². The third-order valence-corrected chi connectivity index (χ3v) is 3.39. The number of rotatable bonds is 4. The molecule has 0 aliphatic heterocycles. The van der Waals surface area contributed by atoms with Gasteiger partial charge in [0, 0.05) is 5.56 Å². The van der Waals surface area contributed by atoms with Gasteiger partial charge in [-0.15, -0.1) is 0 Å².